The Kier molecular flexibility index (Phi) is 7.29. The molecule has 0 bridgehead atoms. The number of amides is 1. The largest absolute Gasteiger partial charge is 0.355 e. The molecule has 1 unspecified atom stereocenters. The Balaban J connectivity index is 2.39. The van der Waals surface area contributed by atoms with Crippen molar-refractivity contribution in [1.82, 2.24) is 14.9 Å². The van der Waals surface area contributed by atoms with Gasteiger partial charge in [-0.2, -0.15) is 0 Å². The first-order valence-corrected chi connectivity index (χ1v) is 10.5. The van der Waals surface area contributed by atoms with E-state index >= 15 is 0 Å². The van der Waals surface area contributed by atoms with E-state index in [2.05, 4.69) is 53.9 Å². The molecule has 0 saturated carbocycles. The van der Waals surface area contributed by atoms with Gasteiger partial charge in [0.2, 0.25) is 5.91 Å². The smallest absolute Gasteiger partial charge is 0.262 e. The van der Waals surface area contributed by atoms with Crippen molar-refractivity contribution < 1.29 is 4.79 Å². The van der Waals surface area contributed by atoms with Gasteiger partial charge in [-0.3, -0.25) is 14.2 Å². The van der Waals surface area contributed by atoms with Gasteiger partial charge in [-0.05, 0) is 37.0 Å². The molecule has 2 aromatic rings. The monoisotopic (exact) mass is 439 g/mol. The van der Waals surface area contributed by atoms with Gasteiger partial charge in [0.25, 0.3) is 5.56 Å². The lowest BCUT2D eigenvalue weighted by molar-refractivity contribution is -0.120. The molecule has 7 heteroatoms. The van der Waals surface area contributed by atoms with Gasteiger partial charge in [-0.15, -0.1) is 0 Å². The summed E-state index contributed by atoms with van der Waals surface area (Å²) >= 11 is 4.75. The number of fused-ring (bicyclic) bond motifs is 1. The maximum atomic E-state index is 13.0. The summed E-state index contributed by atoms with van der Waals surface area (Å²) in [5, 5.41) is 3.79. The predicted molar refractivity (Wildman–Crippen MR) is 112 cm³/mol. The molecule has 0 fully saturated rings. The van der Waals surface area contributed by atoms with E-state index in [1.807, 2.05) is 19.1 Å². The summed E-state index contributed by atoms with van der Waals surface area (Å²) in [6, 6.07) is 5.50. The number of hydrogen-bond donors (Lipinski definition) is 1. The van der Waals surface area contributed by atoms with Crippen molar-refractivity contribution in [1.29, 1.82) is 0 Å². The molecule has 1 aromatic carbocycles. The molecule has 1 heterocycles. The molecule has 2 rings (SSSR count). The van der Waals surface area contributed by atoms with Gasteiger partial charge in [0.05, 0.1) is 16.2 Å². The predicted octanol–water partition coefficient (Wildman–Crippen LogP) is 4.07. The number of aromatic nitrogens is 2. The SMILES string of the molecule is CC(C)CNC(=O)C(C)Sc1nc2ccc(Br)cc2c(=O)n1CC(C)C. The Morgan fingerprint density at radius 1 is 1.23 bits per heavy atom. The van der Waals surface area contributed by atoms with Crippen molar-refractivity contribution in [3.8, 4) is 0 Å². The van der Waals surface area contributed by atoms with Crippen LogP contribution in [0.4, 0.5) is 0 Å². The van der Waals surface area contributed by atoms with Crippen LogP contribution in [0.1, 0.15) is 34.6 Å². The van der Waals surface area contributed by atoms with Gasteiger partial charge >= 0.3 is 0 Å². The fourth-order valence-electron chi connectivity index (χ4n) is 2.45. The van der Waals surface area contributed by atoms with Crippen LogP contribution in [0, 0.1) is 11.8 Å². The molecule has 0 aliphatic heterocycles. The Bertz CT molecular complexity index is 849. The lowest BCUT2D eigenvalue weighted by atomic mass is 10.2. The molecule has 0 radical (unpaired) electrons. The maximum absolute atomic E-state index is 13.0. The molecule has 1 aromatic heterocycles. The van der Waals surface area contributed by atoms with Crippen molar-refractivity contribution in [3.63, 3.8) is 0 Å². The quantitative estimate of drug-likeness (QED) is 0.521. The van der Waals surface area contributed by atoms with Crippen LogP contribution < -0.4 is 10.9 Å². The first-order chi connectivity index (χ1) is 12.2. The third kappa shape index (κ3) is 5.33. The van der Waals surface area contributed by atoms with E-state index in [1.54, 1.807) is 10.6 Å². The fraction of sp³-hybridized carbons (Fsp3) is 0.526. The van der Waals surface area contributed by atoms with Crippen LogP contribution in [0.3, 0.4) is 0 Å². The molecule has 5 nitrogen and oxygen atoms in total. The Hall–Kier alpha value is -1.34. The standard InChI is InChI=1S/C19H26BrN3O2S/c1-11(2)9-21-17(24)13(5)26-19-22-16-7-6-14(20)8-15(16)18(25)23(19)10-12(3)4/h6-8,11-13H,9-10H2,1-5H3,(H,21,24). The van der Waals surface area contributed by atoms with Gasteiger partial charge in [0.1, 0.15) is 0 Å². The average molecular weight is 440 g/mol. The zero-order valence-electron chi connectivity index (χ0n) is 15.9. The van der Waals surface area contributed by atoms with Crippen LogP contribution in [-0.4, -0.2) is 27.3 Å². The number of halogens is 1. The molecule has 1 N–H and O–H groups in total. The van der Waals surface area contributed by atoms with E-state index in [9.17, 15) is 9.59 Å². The zero-order valence-corrected chi connectivity index (χ0v) is 18.3. The van der Waals surface area contributed by atoms with Crippen molar-refractivity contribution in [2.45, 2.75) is 51.6 Å². The number of carbonyl (C=O) groups excluding carboxylic acids is 1. The molecule has 1 amide bonds. The number of benzene rings is 1. The first kappa shape index (κ1) is 21.0. The number of carbonyl (C=O) groups is 1. The number of nitrogens with zero attached hydrogens (tertiary/aromatic N) is 2. The van der Waals surface area contributed by atoms with Crippen molar-refractivity contribution >= 4 is 44.5 Å². The maximum Gasteiger partial charge on any atom is 0.262 e. The van der Waals surface area contributed by atoms with Crippen LogP contribution >= 0.6 is 27.7 Å². The minimum absolute atomic E-state index is 0.0371. The fourth-order valence-corrected chi connectivity index (χ4v) is 3.75. The molecule has 1 atom stereocenters. The second-order valence-corrected chi connectivity index (χ2v) is 9.49. The summed E-state index contributed by atoms with van der Waals surface area (Å²) < 4.78 is 2.54. The molecular formula is C19H26BrN3O2S. The molecule has 0 aliphatic carbocycles. The van der Waals surface area contributed by atoms with Crippen LogP contribution in [0.25, 0.3) is 10.9 Å². The highest BCUT2D eigenvalue weighted by Crippen LogP contribution is 2.24. The Morgan fingerprint density at radius 3 is 2.54 bits per heavy atom. The summed E-state index contributed by atoms with van der Waals surface area (Å²) in [5.41, 5.74) is 0.581. The summed E-state index contributed by atoms with van der Waals surface area (Å²) in [6.45, 7) is 11.3. The highest BCUT2D eigenvalue weighted by atomic mass is 79.9. The second kappa shape index (κ2) is 9.04. The topological polar surface area (TPSA) is 64.0 Å². The van der Waals surface area contributed by atoms with E-state index in [1.165, 1.54) is 11.8 Å². The van der Waals surface area contributed by atoms with Crippen molar-refractivity contribution in [2.24, 2.45) is 11.8 Å². The number of thioether (sulfide) groups is 1. The van der Waals surface area contributed by atoms with Crippen molar-refractivity contribution in [2.75, 3.05) is 6.54 Å². The molecule has 0 saturated heterocycles. The van der Waals surface area contributed by atoms with E-state index in [0.717, 1.165) is 4.47 Å². The normalized spacial score (nSPS) is 12.8. The van der Waals surface area contributed by atoms with Gasteiger partial charge in [0, 0.05) is 17.6 Å². The molecule has 142 valence electrons. The summed E-state index contributed by atoms with van der Waals surface area (Å²) in [5.74, 6) is 0.654. The van der Waals surface area contributed by atoms with Gasteiger partial charge in [-0.25, -0.2) is 4.98 Å². The van der Waals surface area contributed by atoms with E-state index in [4.69, 9.17) is 0 Å². The third-order valence-corrected chi connectivity index (χ3v) is 5.35. The molecule has 26 heavy (non-hydrogen) atoms. The lowest BCUT2D eigenvalue weighted by Crippen LogP contribution is -2.34. The number of nitrogens with one attached hydrogen (secondary N) is 1. The Morgan fingerprint density at radius 2 is 1.92 bits per heavy atom. The van der Waals surface area contributed by atoms with Crippen LogP contribution in [0.15, 0.2) is 32.6 Å². The van der Waals surface area contributed by atoms with Crippen LogP contribution in [-0.2, 0) is 11.3 Å². The van der Waals surface area contributed by atoms with E-state index < -0.39 is 0 Å². The summed E-state index contributed by atoms with van der Waals surface area (Å²) in [7, 11) is 0. The highest BCUT2D eigenvalue weighted by Gasteiger charge is 2.20. The van der Waals surface area contributed by atoms with Gasteiger partial charge in [0.15, 0.2) is 5.16 Å². The zero-order chi connectivity index (χ0) is 19.4. The van der Waals surface area contributed by atoms with Gasteiger partial charge in [-0.1, -0.05) is 55.4 Å². The third-order valence-electron chi connectivity index (χ3n) is 3.76. The minimum atomic E-state index is -0.327. The highest BCUT2D eigenvalue weighted by molar-refractivity contribution is 9.10. The van der Waals surface area contributed by atoms with E-state index in [0.29, 0.717) is 41.0 Å². The average Bonchev–Trinajstić information content (AvgIpc) is 2.56. The Labute approximate surface area is 167 Å². The molecular weight excluding hydrogens is 414 g/mol. The lowest BCUT2D eigenvalue weighted by Gasteiger charge is -2.18. The summed E-state index contributed by atoms with van der Waals surface area (Å²) in [4.78, 5) is 30.0. The van der Waals surface area contributed by atoms with Crippen molar-refractivity contribution in [3.05, 3.63) is 33.0 Å². The summed E-state index contributed by atoms with van der Waals surface area (Å²) in [6.07, 6.45) is 0. The first-order valence-electron chi connectivity index (χ1n) is 8.83. The molecule has 0 aliphatic rings. The van der Waals surface area contributed by atoms with Gasteiger partial charge < -0.3 is 5.32 Å². The second-order valence-electron chi connectivity index (χ2n) is 7.26. The van der Waals surface area contributed by atoms with Crippen LogP contribution in [0.2, 0.25) is 0 Å². The molecule has 0 spiro atoms. The van der Waals surface area contributed by atoms with E-state index in [-0.39, 0.29) is 16.7 Å². The van der Waals surface area contributed by atoms with Crippen LogP contribution in [0.5, 0.6) is 0 Å². The minimum Gasteiger partial charge on any atom is -0.355 e. The number of hydrogen-bond acceptors (Lipinski definition) is 4. The number of rotatable bonds is 7.